The number of nitrogens with zero attached hydrogens (tertiary/aromatic N) is 1. The Morgan fingerprint density at radius 1 is 0.806 bits per heavy atom. The fourth-order valence-corrected chi connectivity index (χ4v) is 4.57. The number of hydrogen-bond acceptors (Lipinski definition) is 2. The van der Waals surface area contributed by atoms with Gasteiger partial charge in [-0.15, -0.1) is 0 Å². The van der Waals surface area contributed by atoms with Crippen LogP contribution in [0.1, 0.15) is 48.6 Å². The summed E-state index contributed by atoms with van der Waals surface area (Å²) in [6, 6.07) is 29.5. The van der Waals surface area contributed by atoms with Gasteiger partial charge >= 0.3 is 0 Å². The smallest absolute Gasteiger partial charge is 0.0240 e. The molecule has 2 heteroatoms. The molecule has 2 nitrogen and oxygen atoms in total. The number of hydrogen-bond donors (Lipinski definition) is 1. The zero-order valence-corrected chi connectivity index (χ0v) is 19.3. The molecule has 1 atom stereocenters. The highest BCUT2D eigenvalue weighted by molar-refractivity contribution is 5.31. The first-order valence-corrected chi connectivity index (χ1v) is 11.6. The first kappa shape index (κ1) is 21.8. The van der Waals surface area contributed by atoms with Crippen molar-refractivity contribution in [1.82, 2.24) is 10.2 Å². The number of rotatable bonds is 7. The Hall–Kier alpha value is -2.42. The second kappa shape index (κ2) is 9.80. The predicted molar refractivity (Wildman–Crippen MR) is 131 cm³/mol. The predicted octanol–water partition coefficient (Wildman–Crippen LogP) is 5.74. The molecule has 1 N–H and O–H groups in total. The van der Waals surface area contributed by atoms with Crippen LogP contribution in [-0.4, -0.2) is 24.0 Å². The summed E-state index contributed by atoms with van der Waals surface area (Å²) in [5.41, 5.74) is 7.41. The summed E-state index contributed by atoms with van der Waals surface area (Å²) in [6.07, 6.45) is 2.25. The molecule has 0 saturated carbocycles. The van der Waals surface area contributed by atoms with Crippen LogP contribution >= 0.6 is 0 Å². The maximum absolute atomic E-state index is 3.67. The molecule has 0 radical (unpaired) electrons. The largest absolute Gasteiger partial charge is 0.311 e. The van der Waals surface area contributed by atoms with Crippen LogP contribution in [0.3, 0.4) is 0 Å². The Bertz CT molecular complexity index is 954. The minimum atomic E-state index is 0.213. The van der Waals surface area contributed by atoms with Gasteiger partial charge in [-0.1, -0.05) is 99.6 Å². The topological polar surface area (TPSA) is 15.3 Å². The summed E-state index contributed by atoms with van der Waals surface area (Å²) in [6.45, 7) is 10.9. The second-order valence-electron chi connectivity index (χ2n) is 9.91. The maximum atomic E-state index is 3.67. The lowest BCUT2D eigenvalue weighted by Crippen LogP contribution is -2.44. The van der Waals surface area contributed by atoms with Gasteiger partial charge in [-0.25, -0.2) is 0 Å². The fraction of sp³-hybridized carbons (Fsp3) is 0.379. The molecule has 0 bridgehead atoms. The minimum Gasteiger partial charge on any atom is -0.311 e. The Kier molecular flexibility index (Phi) is 6.89. The highest BCUT2D eigenvalue weighted by Gasteiger charge is 2.25. The lowest BCUT2D eigenvalue weighted by molar-refractivity contribution is 0.170. The molecule has 0 fully saturated rings. The third-order valence-electron chi connectivity index (χ3n) is 6.50. The van der Waals surface area contributed by atoms with Crippen molar-refractivity contribution in [3.63, 3.8) is 0 Å². The molecule has 4 rings (SSSR count). The van der Waals surface area contributed by atoms with Crippen LogP contribution in [-0.2, 0) is 31.3 Å². The van der Waals surface area contributed by atoms with E-state index in [1.807, 2.05) is 0 Å². The normalized spacial score (nSPS) is 16.8. The molecule has 0 spiro atoms. The van der Waals surface area contributed by atoms with Gasteiger partial charge in [-0.2, -0.15) is 0 Å². The summed E-state index contributed by atoms with van der Waals surface area (Å²) in [5.74, 6) is 0. The van der Waals surface area contributed by atoms with Gasteiger partial charge < -0.3 is 5.32 Å². The van der Waals surface area contributed by atoms with Crippen molar-refractivity contribution in [1.29, 1.82) is 0 Å². The fourth-order valence-electron chi connectivity index (χ4n) is 4.57. The van der Waals surface area contributed by atoms with Crippen LogP contribution in [0.2, 0.25) is 0 Å². The maximum Gasteiger partial charge on any atom is 0.0240 e. The van der Waals surface area contributed by atoms with Crippen molar-refractivity contribution in [3.8, 4) is 0 Å². The number of benzene rings is 3. The van der Waals surface area contributed by atoms with Crippen LogP contribution in [0.4, 0.5) is 0 Å². The standard InChI is InChI=1S/C29H36N2/c1-29(2,3)27-15-13-24(14-16-27)21-30-17-18-31-22-26-12-8-7-11-25(26)20-28(31)19-23-9-5-4-6-10-23/h4-16,28,30H,17-22H2,1-3H3. The molecular formula is C29H36N2. The summed E-state index contributed by atoms with van der Waals surface area (Å²) in [5, 5.41) is 3.67. The van der Waals surface area contributed by atoms with E-state index in [9.17, 15) is 0 Å². The molecule has 31 heavy (non-hydrogen) atoms. The van der Waals surface area contributed by atoms with Gasteiger partial charge in [-0.3, -0.25) is 4.90 Å². The van der Waals surface area contributed by atoms with Crippen molar-refractivity contribution < 1.29 is 0 Å². The Balaban J connectivity index is 1.35. The molecule has 0 aromatic heterocycles. The first-order chi connectivity index (χ1) is 15.0. The summed E-state index contributed by atoms with van der Waals surface area (Å²) >= 11 is 0. The molecular weight excluding hydrogens is 376 g/mol. The molecule has 0 aliphatic carbocycles. The van der Waals surface area contributed by atoms with E-state index in [0.29, 0.717) is 6.04 Å². The van der Waals surface area contributed by atoms with Gasteiger partial charge in [0.2, 0.25) is 0 Å². The van der Waals surface area contributed by atoms with Gasteiger partial charge in [-0.05, 0) is 46.1 Å². The average molecular weight is 413 g/mol. The molecule has 0 saturated heterocycles. The Morgan fingerprint density at radius 2 is 1.48 bits per heavy atom. The van der Waals surface area contributed by atoms with Crippen molar-refractivity contribution in [3.05, 3.63) is 107 Å². The van der Waals surface area contributed by atoms with Gasteiger partial charge in [0.05, 0.1) is 0 Å². The van der Waals surface area contributed by atoms with Crippen LogP contribution < -0.4 is 5.32 Å². The van der Waals surface area contributed by atoms with E-state index in [0.717, 1.165) is 39.0 Å². The minimum absolute atomic E-state index is 0.213. The van der Waals surface area contributed by atoms with E-state index < -0.39 is 0 Å². The van der Waals surface area contributed by atoms with E-state index in [1.165, 1.54) is 27.8 Å². The van der Waals surface area contributed by atoms with Gasteiger partial charge in [0.25, 0.3) is 0 Å². The summed E-state index contributed by atoms with van der Waals surface area (Å²) in [7, 11) is 0. The molecule has 3 aromatic rings. The van der Waals surface area contributed by atoms with E-state index in [4.69, 9.17) is 0 Å². The van der Waals surface area contributed by atoms with Gasteiger partial charge in [0.1, 0.15) is 0 Å². The molecule has 0 amide bonds. The third kappa shape index (κ3) is 5.84. The lowest BCUT2D eigenvalue weighted by atomic mass is 9.87. The zero-order chi connectivity index (χ0) is 21.7. The van der Waals surface area contributed by atoms with Crippen molar-refractivity contribution in [2.24, 2.45) is 0 Å². The molecule has 162 valence electrons. The zero-order valence-electron chi connectivity index (χ0n) is 19.3. The monoisotopic (exact) mass is 412 g/mol. The molecule has 1 heterocycles. The van der Waals surface area contributed by atoms with Crippen LogP contribution in [0.25, 0.3) is 0 Å². The van der Waals surface area contributed by atoms with E-state index >= 15 is 0 Å². The van der Waals surface area contributed by atoms with E-state index in [1.54, 1.807) is 0 Å². The first-order valence-electron chi connectivity index (χ1n) is 11.6. The average Bonchev–Trinajstić information content (AvgIpc) is 2.77. The van der Waals surface area contributed by atoms with Crippen molar-refractivity contribution in [2.45, 2.75) is 58.2 Å². The Morgan fingerprint density at radius 3 is 2.19 bits per heavy atom. The highest BCUT2D eigenvalue weighted by Crippen LogP contribution is 2.25. The lowest BCUT2D eigenvalue weighted by Gasteiger charge is -2.37. The van der Waals surface area contributed by atoms with Gasteiger partial charge in [0.15, 0.2) is 0 Å². The number of nitrogens with one attached hydrogen (secondary N) is 1. The van der Waals surface area contributed by atoms with E-state index in [-0.39, 0.29) is 5.41 Å². The second-order valence-corrected chi connectivity index (χ2v) is 9.91. The van der Waals surface area contributed by atoms with Crippen molar-refractivity contribution in [2.75, 3.05) is 13.1 Å². The summed E-state index contributed by atoms with van der Waals surface area (Å²) in [4.78, 5) is 2.67. The van der Waals surface area contributed by atoms with Crippen LogP contribution in [0, 0.1) is 0 Å². The molecule has 3 aromatic carbocycles. The van der Waals surface area contributed by atoms with E-state index in [2.05, 4.69) is 110 Å². The van der Waals surface area contributed by atoms with Crippen LogP contribution in [0.5, 0.6) is 0 Å². The quantitative estimate of drug-likeness (QED) is 0.498. The molecule has 1 unspecified atom stereocenters. The number of fused-ring (bicyclic) bond motifs is 1. The third-order valence-corrected chi connectivity index (χ3v) is 6.50. The Labute approximate surface area is 188 Å². The highest BCUT2D eigenvalue weighted by atomic mass is 15.2. The SMILES string of the molecule is CC(C)(C)c1ccc(CNCCN2Cc3ccccc3CC2Cc2ccccc2)cc1. The van der Waals surface area contributed by atoms with Crippen molar-refractivity contribution >= 4 is 0 Å². The van der Waals surface area contributed by atoms with Gasteiger partial charge in [0, 0.05) is 32.2 Å². The summed E-state index contributed by atoms with van der Waals surface area (Å²) < 4.78 is 0. The van der Waals surface area contributed by atoms with Crippen LogP contribution in [0.15, 0.2) is 78.9 Å². The molecule has 1 aliphatic rings. The molecule has 1 aliphatic heterocycles.